The first kappa shape index (κ1) is 12.4. The molecule has 0 fully saturated rings. The summed E-state index contributed by atoms with van der Waals surface area (Å²) in [5.41, 5.74) is 0.638. The van der Waals surface area contributed by atoms with Crippen molar-refractivity contribution in [2.75, 3.05) is 31.6 Å². The molecule has 0 aliphatic heterocycles. The second-order valence-electron chi connectivity index (χ2n) is 3.41. The third-order valence-electron chi connectivity index (χ3n) is 2.06. The van der Waals surface area contributed by atoms with Crippen LogP contribution in [0.3, 0.4) is 0 Å². The summed E-state index contributed by atoms with van der Waals surface area (Å²) in [5.74, 6) is -0.541. The van der Waals surface area contributed by atoms with Crippen LogP contribution >= 0.6 is 0 Å². The molecule has 0 unspecified atom stereocenters. The molecular formula is C11H15FN2O2. The minimum atomic E-state index is -0.333. The number of nitrogens with zero attached hydrogens (tertiary/aromatic N) is 1. The number of hydrogen-bond donors (Lipinski definition) is 2. The number of amides is 1. The molecule has 0 bridgehead atoms. The molecule has 88 valence electrons. The van der Waals surface area contributed by atoms with Gasteiger partial charge in [-0.1, -0.05) is 6.07 Å². The van der Waals surface area contributed by atoms with Crippen LogP contribution in [0.15, 0.2) is 24.3 Å². The van der Waals surface area contributed by atoms with Gasteiger partial charge in [0.25, 0.3) is 0 Å². The van der Waals surface area contributed by atoms with Crippen LogP contribution in [0.2, 0.25) is 0 Å². The maximum absolute atomic E-state index is 12.9. The Bertz CT molecular complexity index is 358. The van der Waals surface area contributed by atoms with E-state index in [1.807, 2.05) is 0 Å². The molecule has 0 aliphatic rings. The fourth-order valence-corrected chi connectivity index (χ4v) is 1.27. The first-order valence-electron chi connectivity index (χ1n) is 4.97. The van der Waals surface area contributed by atoms with Crippen molar-refractivity contribution in [3.05, 3.63) is 30.1 Å². The normalized spacial score (nSPS) is 9.94. The van der Waals surface area contributed by atoms with Crippen molar-refractivity contribution in [2.24, 2.45) is 0 Å². The summed E-state index contributed by atoms with van der Waals surface area (Å²) in [6.07, 6.45) is 0. The van der Waals surface area contributed by atoms with Gasteiger partial charge in [-0.15, -0.1) is 0 Å². The first-order valence-corrected chi connectivity index (χ1v) is 4.97. The largest absolute Gasteiger partial charge is 0.395 e. The number of rotatable bonds is 5. The number of nitrogens with one attached hydrogen (secondary N) is 1. The molecule has 1 aromatic rings. The zero-order chi connectivity index (χ0) is 12.0. The molecule has 2 N–H and O–H groups in total. The Morgan fingerprint density at radius 1 is 1.56 bits per heavy atom. The van der Waals surface area contributed by atoms with Gasteiger partial charge in [-0.25, -0.2) is 4.39 Å². The van der Waals surface area contributed by atoms with Gasteiger partial charge in [0, 0.05) is 19.3 Å². The molecular weight excluding hydrogens is 211 g/mol. The number of carbonyl (C=O) groups excluding carboxylic acids is 1. The zero-order valence-corrected chi connectivity index (χ0v) is 9.11. The van der Waals surface area contributed by atoms with E-state index in [9.17, 15) is 9.18 Å². The highest BCUT2D eigenvalue weighted by atomic mass is 19.1. The Labute approximate surface area is 93.7 Å². The smallest absolute Gasteiger partial charge is 0.239 e. The van der Waals surface area contributed by atoms with Gasteiger partial charge in [-0.3, -0.25) is 4.79 Å². The van der Waals surface area contributed by atoms with Crippen LogP contribution in [0.1, 0.15) is 0 Å². The van der Waals surface area contributed by atoms with Crippen LogP contribution in [0.5, 0.6) is 0 Å². The van der Waals surface area contributed by atoms with E-state index in [0.29, 0.717) is 5.69 Å². The Hall–Kier alpha value is -1.62. The summed E-state index contributed by atoms with van der Waals surface area (Å²) in [5, 5.41) is 11.0. The van der Waals surface area contributed by atoms with Gasteiger partial charge in [0.15, 0.2) is 0 Å². The van der Waals surface area contributed by atoms with Gasteiger partial charge in [0.05, 0.1) is 13.2 Å². The lowest BCUT2D eigenvalue weighted by molar-refractivity contribution is -0.119. The quantitative estimate of drug-likeness (QED) is 0.762. The van der Waals surface area contributed by atoms with E-state index in [1.165, 1.54) is 12.1 Å². The first-order chi connectivity index (χ1) is 7.63. The van der Waals surface area contributed by atoms with Crippen LogP contribution in [0, 0.1) is 5.82 Å². The molecule has 4 nitrogen and oxygen atoms in total. The summed E-state index contributed by atoms with van der Waals surface area (Å²) < 4.78 is 12.9. The Balaban J connectivity index is 2.52. The highest BCUT2D eigenvalue weighted by Gasteiger charge is 2.07. The Morgan fingerprint density at radius 2 is 2.31 bits per heavy atom. The van der Waals surface area contributed by atoms with Crippen molar-refractivity contribution in [2.45, 2.75) is 0 Å². The number of benzene rings is 1. The molecule has 0 saturated heterocycles. The van der Waals surface area contributed by atoms with Gasteiger partial charge in [0.2, 0.25) is 5.91 Å². The number of hydrogen-bond acceptors (Lipinski definition) is 3. The Morgan fingerprint density at radius 3 is 2.94 bits per heavy atom. The maximum Gasteiger partial charge on any atom is 0.239 e. The van der Waals surface area contributed by atoms with Gasteiger partial charge in [0.1, 0.15) is 5.82 Å². The van der Waals surface area contributed by atoms with Gasteiger partial charge in [-0.05, 0) is 18.2 Å². The standard InChI is InChI=1S/C11H15FN2O2/c1-14(8-11(16)13-5-6-15)10-4-2-3-9(12)7-10/h2-4,7,15H,5-6,8H2,1H3,(H,13,16). The fraction of sp³-hybridized carbons (Fsp3) is 0.364. The highest BCUT2D eigenvalue weighted by Crippen LogP contribution is 2.12. The predicted octanol–water partition coefficient (Wildman–Crippen LogP) is 0.370. The van der Waals surface area contributed by atoms with Crippen molar-refractivity contribution < 1.29 is 14.3 Å². The molecule has 0 aliphatic carbocycles. The van der Waals surface area contributed by atoms with E-state index >= 15 is 0 Å². The average Bonchev–Trinajstić information content (AvgIpc) is 2.26. The van der Waals surface area contributed by atoms with E-state index < -0.39 is 0 Å². The SMILES string of the molecule is CN(CC(=O)NCCO)c1cccc(F)c1. The molecule has 1 rings (SSSR count). The molecule has 16 heavy (non-hydrogen) atoms. The number of aliphatic hydroxyl groups excluding tert-OH is 1. The average molecular weight is 226 g/mol. The second kappa shape index (κ2) is 6.07. The van der Waals surface area contributed by atoms with Gasteiger partial charge >= 0.3 is 0 Å². The Kier molecular flexibility index (Phi) is 4.72. The zero-order valence-electron chi connectivity index (χ0n) is 9.11. The van der Waals surface area contributed by atoms with Crippen LogP contribution in [0.4, 0.5) is 10.1 Å². The van der Waals surface area contributed by atoms with Gasteiger partial charge in [-0.2, -0.15) is 0 Å². The molecule has 5 heteroatoms. The molecule has 0 spiro atoms. The number of carbonyl (C=O) groups is 1. The van der Waals surface area contributed by atoms with E-state index in [1.54, 1.807) is 24.1 Å². The topological polar surface area (TPSA) is 52.6 Å². The van der Waals surface area contributed by atoms with Crippen molar-refractivity contribution in [3.8, 4) is 0 Å². The molecule has 1 aromatic carbocycles. The molecule has 0 atom stereocenters. The molecule has 0 heterocycles. The van der Waals surface area contributed by atoms with E-state index in [0.717, 1.165) is 0 Å². The van der Waals surface area contributed by atoms with Crippen LogP contribution in [0.25, 0.3) is 0 Å². The minimum absolute atomic E-state index is 0.0879. The van der Waals surface area contributed by atoms with Crippen molar-refractivity contribution in [3.63, 3.8) is 0 Å². The van der Waals surface area contributed by atoms with Crippen LogP contribution in [-0.2, 0) is 4.79 Å². The summed E-state index contributed by atoms with van der Waals surface area (Å²) in [7, 11) is 1.70. The van der Waals surface area contributed by atoms with E-state index in [2.05, 4.69) is 5.32 Å². The summed E-state index contributed by atoms with van der Waals surface area (Å²) in [6.45, 7) is 0.273. The third kappa shape index (κ3) is 3.86. The molecule has 1 amide bonds. The van der Waals surface area contributed by atoms with Crippen molar-refractivity contribution in [1.29, 1.82) is 0 Å². The van der Waals surface area contributed by atoms with Crippen molar-refractivity contribution >= 4 is 11.6 Å². The number of likely N-dealkylation sites (N-methyl/N-ethyl adjacent to an activating group) is 1. The van der Waals surface area contributed by atoms with Crippen LogP contribution in [-0.4, -0.2) is 37.8 Å². The maximum atomic E-state index is 12.9. The van der Waals surface area contributed by atoms with Crippen molar-refractivity contribution in [1.82, 2.24) is 5.32 Å². The van der Waals surface area contributed by atoms with Gasteiger partial charge < -0.3 is 15.3 Å². The lowest BCUT2D eigenvalue weighted by Crippen LogP contribution is -2.36. The summed E-state index contributed by atoms with van der Waals surface area (Å²) in [4.78, 5) is 12.9. The summed E-state index contributed by atoms with van der Waals surface area (Å²) >= 11 is 0. The summed E-state index contributed by atoms with van der Waals surface area (Å²) in [6, 6.07) is 6.03. The lowest BCUT2D eigenvalue weighted by Gasteiger charge is -2.18. The van der Waals surface area contributed by atoms with E-state index in [-0.39, 0.29) is 31.4 Å². The fourth-order valence-electron chi connectivity index (χ4n) is 1.27. The van der Waals surface area contributed by atoms with E-state index in [4.69, 9.17) is 5.11 Å². The monoisotopic (exact) mass is 226 g/mol. The lowest BCUT2D eigenvalue weighted by atomic mass is 10.3. The molecule has 0 saturated carbocycles. The third-order valence-corrected chi connectivity index (χ3v) is 2.06. The predicted molar refractivity (Wildman–Crippen MR) is 59.8 cm³/mol. The minimum Gasteiger partial charge on any atom is -0.395 e. The number of aliphatic hydroxyl groups is 1. The number of anilines is 1. The second-order valence-corrected chi connectivity index (χ2v) is 3.41. The highest BCUT2D eigenvalue weighted by molar-refractivity contribution is 5.81. The number of halogens is 1. The van der Waals surface area contributed by atoms with Crippen LogP contribution < -0.4 is 10.2 Å². The molecule has 0 radical (unpaired) electrons. The molecule has 0 aromatic heterocycles.